The molecule has 226 valence electrons. The number of carbonyl (C=O) groups excluding carboxylic acids is 1. The summed E-state index contributed by atoms with van der Waals surface area (Å²) in [5, 5.41) is 6.41. The molecule has 4 N–H and O–H groups in total. The van der Waals surface area contributed by atoms with Gasteiger partial charge in [-0.1, -0.05) is 0 Å². The number of thioether (sulfide) groups is 1. The molecule has 2 aromatic carbocycles. The van der Waals surface area contributed by atoms with Gasteiger partial charge in [-0.25, -0.2) is 0 Å². The van der Waals surface area contributed by atoms with Crippen LogP contribution in [0.15, 0.2) is 41.3 Å². The van der Waals surface area contributed by atoms with E-state index in [0.717, 1.165) is 56.0 Å². The summed E-state index contributed by atoms with van der Waals surface area (Å²) in [6.07, 6.45) is -1.34. The highest BCUT2D eigenvalue weighted by Gasteiger charge is 2.35. The van der Waals surface area contributed by atoms with Crippen molar-refractivity contribution in [1.29, 1.82) is 0 Å². The van der Waals surface area contributed by atoms with Crippen LogP contribution in [0.5, 0.6) is 0 Å². The van der Waals surface area contributed by atoms with Crippen LogP contribution in [0, 0.1) is 5.92 Å². The molecule has 1 heterocycles. The Bertz CT molecular complexity index is 1190. The third-order valence-electron chi connectivity index (χ3n) is 8.07. The summed E-state index contributed by atoms with van der Waals surface area (Å²) in [4.78, 5) is 14.9. The van der Waals surface area contributed by atoms with Crippen LogP contribution in [0.3, 0.4) is 0 Å². The van der Waals surface area contributed by atoms with Crippen LogP contribution in [0.1, 0.15) is 62.5 Å². The molecule has 4 rings (SSSR count). The number of likely N-dealkylation sites (tertiary alicyclic amines) is 1. The summed E-state index contributed by atoms with van der Waals surface area (Å²) in [5.41, 5.74) is 4.55. The van der Waals surface area contributed by atoms with Crippen molar-refractivity contribution in [2.45, 2.75) is 80.7 Å². The normalized spacial score (nSPS) is 20.6. The highest BCUT2D eigenvalue weighted by atomic mass is 32.2. The maximum Gasteiger partial charge on any atom is 0.418 e. The summed E-state index contributed by atoms with van der Waals surface area (Å²) in [7, 11) is 0. The van der Waals surface area contributed by atoms with E-state index in [0.29, 0.717) is 49.6 Å². The molecule has 1 saturated heterocycles. The van der Waals surface area contributed by atoms with Gasteiger partial charge in [0, 0.05) is 53.6 Å². The molecule has 12 heteroatoms. The van der Waals surface area contributed by atoms with Crippen LogP contribution >= 0.6 is 11.8 Å². The van der Waals surface area contributed by atoms with Crippen LogP contribution in [-0.2, 0) is 17.1 Å². The van der Waals surface area contributed by atoms with E-state index in [2.05, 4.69) is 10.6 Å². The molecular formula is C29H36F6N4OS. The van der Waals surface area contributed by atoms with Crippen LogP contribution in [-0.4, -0.2) is 42.2 Å². The Labute approximate surface area is 240 Å². The zero-order valence-electron chi connectivity index (χ0n) is 22.9. The van der Waals surface area contributed by atoms with Crippen molar-refractivity contribution in [2.24, 2.45) is 5.92 Å². The predicted octanol–water partition coefficient (Wildman–Crippen LogP) is 7.88. The van der Waals surface area contributed by atoms with Crippen molar-refractivity contribution in [3.63, 3.8) is 0 Å². The van der Waals surface area contributed by atoms with Gasteiger partial charge < -0.3 is 21.3 Å². The Balaban J connectivity index is 1.18. The van der Waals surface area contributed by atoms with E-state index >= 15 is 0 Å². The first kappa shape index (κ1) is 31.2. The zero-order chi connectivity index (χ0) is 29.8. The number of halogens is 6. The van der Waals surface area contributed by atoms with E-state index in [-0.39, 0.29) is 28.6 Å². The Hall–Kier alpha value is -2.76. The minimum Gasteiger partial charge on any atom is -0.398 e. The Morgan fingerprint density at radius 1 is 0.854 bits per heavy atom. The van der Waals surface area contributed by atoms with E-state index in [1.165, 1.54) is 12.1 Å². The average Bonchev–Trinajstić information content (AvgIpc) is 2.93. The standard InChI is InChI=1S/C29H36F6N4OS/c1-41-26-10-8-22(17-24(26)29(33,34)35)38-20-12-14-39(15-13-20)27(40)11-4-18-2-5-19(6-3-18)37-21-7-9-25(36)23(16-21)28(30,31)32/h7-10,16-20,37-38H,2-6,11-15,36H2,1H3. The lowest BCUT2D eigenvalue weighted by atomic mass is 9.83. The molecule has 2 aliphatic rings. The molecule has 5 nitrogen and oxygen atoms in total. The van der Waals surface area contributed by atoms with Gasteiger partial charge in [-0.3, -0.25) is 4.79 Å². The molecule has 0 atom stereocenters. The van der Waals surface area contributed by atoms with Crippen molar-refractivity contribution in [3.05, 3.63) is 47.5 Å². The fourth-order valence-electron chi connectivity index (χ4n) is 5.74. The van der Waals surface area contributed by atoms with E-state index in [9.17, 15) is 31.1 Å². The second-order valence-electron chi connectivity index (χ2n) is 10.9. The molecule has 1 aliphatic carbocycles. The minimum atomic E-state index is -4.50. The minimum absolute atomic E-state index is 0.00342. The number of piperidine rings is 1. The molecular weight excluding hydrogens is 566 g/mol. The third-order valence-corrected chi connectivity index (χ3v) is 8.86. The molecule has 0 unspecified atom stereocenters. The average molecular weight is 603 g/mol. The summed E-state index contributed by atoms with van der Waals surface area (Å²) in [6.45, 7) is 1.12. The number of nitrogens with zero attached hydrogens (tertiary/aromatic N) is 1. The molecule has 0 aromatic heterocycles. The SMILES string of the molecule is CSc1ccc(NC2CCN(C(=O)CCC3CCC(Nc4ccc(N)c(C(F)(F)F)c4)CC3)CC2)cc1C(F)(F)F. The summed E-state index contributed by atoms with van der Waals surface area (Å²) < 4.78 is 79.6. The first-order chi connectivity index (χ1) is 19.3. The summed E-state index contributed by atoms with van der Waals surface area (Å²) in [5.74, 6) is 0.481. The Kier molecular flexibility index (Phi) is 9.92. The van der Waals surface area contributed by atoms with Gasteiger partial charge in [-0.2, -0.15) is 26.3 Å². The molecule has 1 aliphatic heterocycles. The second kappa shape index (κ2) is 13.0. The molecule has 1 amide bonds. The molecule has 41 heavy (non-hydrogen) atoms. The number of amides is 1. The number of carbonyl (C=O) groups is 1. The number of anilines is 3. The highest BCUT2D eigenvalue weighted by molar-refractivity contribution is 7.98. The summed E-state index contributed by atoms with van der Waals surface area (Å²) >= 11 is 1.06. The number of hydrogen-bond donors (Lipinski definition) is 3. The first-order valence-corrected chi connectivity index (χ1v) is 15.1. The van der Waals surface area contributed by atoms with E-state index < -0.39 is 23.5 Å². The van der Waals surface area contributed by atoms with E-state index in [1.54, 1.807) is 18.4 Å². The molecule has 0 bridgehead atoms. The number of nitrogens with one attached hydrogen (secondary N) is 2. The van der Waals surface area contributed by atoms with Crippen LogP contribution in [0.2, 0.25) is 0 Å². The monoisotopic (exact) mass is 602 g/mol. The highest BCUT2D eigenvalue weighted by Crippen LogP contribution is 2.38. The van der Waals surface area contributed by atoms with Crippen molar-refractivity contribution in [2.75, 3.05) is 35.7 Å². The number of alkyl halides is 6. The van der Waals surface area contributed by atoms with Gasteiger partial charge in [0.15, 0.2) is 0 Å². The number of rotatable bonds is 8. The summed E-state index contributed by atoms with van der Waals surface area (Å²) in [6, 6.07) is 8.27. The second-order valence-corrected chi connectivity index (χ2v) is 11.8. The maximum atomic E-state index is 13.4. The predicted molar refractivity (Wildman–Crippen MR) is 151 cm³/mol. The molecule has 0 radical (unpaired) electrons. The number of nitrogen functional groups attached to an aromatic ring is 1. The largest absolute Gasteiger partial charge is 0.418 e. The van der Waals surface area contributed by atoms with Crippen LogP contribution in [0.4, 0.5) is 43.4 Å². The quantitative estimate of drug-likeness (QED) is 0.163. The number of benzene rings is 2. The van der Waals surface area contributed by atoms with Gasteiger partial charge in [0.1, 0.15) is 0 Å². The number of hydrogen-bond acceptors (Lipinski definition) is 5. The lowest BCUT2D eigenvalue weighted by Crippen LogP contribution is -2.42. The number of nitrogens with two attached hydrogens (primary N) is 1. The Morgan fingerprint density at radius 3 is 1.95 bits per heavy atom. The van der Waals surface area contributed by atoms with Crippen molar-refractivity contribution < 1.29 is 31.1 Å². The topological polar surface area (TPSA) is 70.4 Å². The van der Waals surface area contributed by atoms with Gasteiger partial charge in [-0.05, 0) is 93.5 Å². The van der Waals surface area contributed by atoms with Gasteiger partial charge in [0.05, 0.1) is 11.1 Å². The molecule has 0 spiro atoms. The third kappa shape index (κ3) is 8.39. The van der Waals surface area contributed by atoms with Crippen molar-refractivity contribution >= 4 is 34.7 Å². The smallest absolute Gasteiger partial charge is 0.398 e. The first-order valence-electron chi connectivity index (χ1n) is 13.9. The van der Waals surface area contributed by atoms with Gasteiger partial charge in [0.25, 0.3) is 0 Å². The fourth-order valence-corrected chi connectivity index (χ4v) is 6.34. The van der Waals surface area contributed by atoms with Gasteiger partial charge >= 0.3 is 12.4 Å². The van der Waals surface area contributed by atoms with Crippen LogP contribution in [0.25, 0.3) is 0 Å². The van der Waals surface area contributed by atoms with Crippen molar-refractivity contribution in [3.8, 4) is 0 Å². The molecule has 2 fully saturated rings. The lowest BCUT2D eigenvalue weighted by Gasteiger charge is -2.34. The van der Waals surface area contributed by atoms with Gasteiger partial charge in [-0.15, -0.1) is 11.8 Å². The lowest BCUT2D eigenvalue weighted by molar-refractivity contribution is -0.140. The van der Waals surface area contributed by atoms with Crippen molar-refractivity contribution in [1.82, 2.24) is 4.90 Å². The Morgan fingerprint density at radius 2 is 1.39 bits per heavy atom. The molecule has 2 aromatic rings. The van der Waals surface area contributed by atoms with Crippen LogP contribution < -0.4 is 16.4 Å². The fraction of sp³-hybridized carbons (Fsp3) is 0.552. The van der Waals surface area contributed by atoms with E-state index in [1.807, 2.05) is 4.90 Å². The maximum absolute atomic E-state index is 13.4. The van der Waals surface area contributed by atoms with E-state index in [4.69, 9.17) is 5.73 Å². The molecule has 1 saturated carbocycles. The van der Waals surface area contributed by atoms with Gasteiger partial charge in [0.2, 0.25) is 5.91 Å². The zero-order valence-corrected chi connectivity index (χ0v) is 23.7.